The SMILES string of the molecule is CCC(=N)/C(F)=C\N/C(C=N)=C/C(=N)C(C)(F)F. The average molecular weight is 260 g/mol. The van der Waals surface area contributed by atoms with E-state index in [2.05, 4.69) is 5.32 Å². The topological polar surface area (TPSA) is 83.6 Å². The Morgan fingerprint density at radius 3 is 2.28 bits per heavy atom. The summed E-state index contributed by atoms with van der Waals surface area (Å²) in [6, 6.07) is 0. The molecule has 0 aromatic rings. The molecule has 0 saturated heterocycles. The fourth-order valence-corrected chi connectivity index (χ4v) is 0.810. The molecular weight excluding hydrogens is 245 g/mol. The van der Waals surface area contributed by atoms with Gasteiger partial charge < -0.3 is 16.1 Å². The number of hydrogen-bond donors (Lipinski definition) is 4. The van der Waals surface area contributed by atoms with Crippen molar-refractivity contribution in [1.82, 2.24) is 5.32 Å². The first-order valence-corrected chi connectivity index (χ1v) is 5.11. The maximum Gasteiger partial charge on any atom is 0.286 e. The quantitative estimate of drug-likeness (QED) is 0.521. The van der Waals surface area contributed by atoms with Gasteiger partial charge in [0.15, 0.2) is 5.83 Å². The molecule has 4 nitrogen and oxygen atoms in total. The van der Waals surface area contributed by atoms with Crippen LogP contribution in [0.25, 0.3) is 0 Å². The van der Waals surface area contributed by atoms with Gasteiger partial charge in [-0.15, -0.1) is 0 Å². The standard InChI is InChI=1S/C11H15F3N4/c1-3-9(16)8(12)6-18-7(5-15)4-10(17)11(2,13)14/h4-6,15-18H,3H2,1-2H3/b7-4+,8-6+,15-5?,16-9?,17-10?. The third-order valence-electron chi connectivity index (χ3n) is 1.94. The van der Waals surface area contributed by atoms with Crippen LogP contribution in [-0.2, 0) is 0 Å². The van der Waals surface area contributed by atoms with E-state index in [-0.39, 0.29) is 17.8 Å². The van der Waals surface area contributed by atoms with E-state index in [1.165, 1.54) is 0 Å². The van der Waals surface area contributed by atoms with Gasteiger partial charge in [-0.1, -0.05) is 6.92 Å². The van der Waals surface area contributed by atoms with E-state index in [1.807, 2.05) is 0 Å². The second-order valence-corrected chi connectivity index (χ2v) is 3.51. The number of nitrogens with one attached hydrogen (secondary N) is 4. The van der Waals surface area contributed by atoms with E-state index in [0.717, 1.165) is 12.3 Å². The lowest BCUT2D eigenvalue weighted by molar-refractivity contribution is 0.101. The molecule has 0 unspecified atom stereocenters. The van der Waals surface area contributed by atoms with Gasteiger partial charge in [0.2, 0.25) is 0 Å². The highest BCUT2D eigenvalue weighted by Gasteiger charge is 2.26. The second-order valence-electron chi connectivity index (χ2n) is 3.51. The Kier molecular flexibility index (Phi) is 6.01. The van der Waals surface area contributed by atoms with Gasteiger partial charge in [-0.3, -0.25) is 5.41 Å². The van der Waals surface area contributed by atoms with Gasteiger partial charge >= 0.3 is 0 Å². The van der Waals surface area contributed by atoms with Crippen molar-refractivity contribution in [2.75, 3.05) is 0 Å². The largest absolute Gasteiger partial charge is 0.358 e. The van der Waals surface area contributed by atoms with Crippen molar-refractivity contribution in [3.8, 4) is 0 Å². The molecular formula is C11H15F3N4. The molecule has 0 atom stereocenters. The number of hydrogen-bond acceptors (Lipinski definition) is 4. The normalized spacial score (nSPS) is 13.2. The minimum absolute atomic E-state index is 0.166. The molecule has 0 aliphatic heterocycles. The third kappa shape index (κ3) is 5.42. The number of allylic oxidation sites excluding steroid dienone is 3. The Labute approximate surface area is 103 Å². The van der Waals surface area contributed by atoms with Crippen molar-refractivity contribution in [1.29, 1.82) is 16.2 Å². The van der Waals surface area contributed by atoms with Gasteiger partial charge in [-0.25, -0.2) is 4.39 Å². The first kappa shape index (κ1) is 16.1. The van der Waals surface area contributed by atoms with Crippen molar-refractivity contribution < 1.29 is 13.2 Å². The third-order valence-corrected chi connectivity index (χ3v) is 1.94. The van der Waals surface area contributed by atoms with Crippen LogP contribution in [0.4, 0.5) is 13.2 Å². The summed E-state index contributed by atoms with van der Waals surface area (Å²) in [5, 5.41) is 23.4. The molecule has 0 aliphatic carbocycles. The minimum Gasteiger partial charge on any atom is -0.358 e. The van der Waals surface area contributed by atoms with Crippen molar-refractivity contribution in [3.05, 3.63) is 23.8 Å². The first-order valence-electron chi connectivity index (χ1n) is 5.11. The van der Waals surface area contributed by atoms with Crippen molar-refractivity contribution in [2.24, 2.45) is 0 Å². The second kappa shape index (κ2) is 6.73. The fourth-order valence-electron chi connectivity index (χ4n) is 0.810. The molecule has 0 saturated carbocycles. The molecule has 0 bridgehead atoms. The molecule has 0 aromatic heterocycles. The Balaban J connectivity index is 4.84. The van der Waals surface area contributed by atoms with Crippen molar-refractivity contribution in [2.45, 2.75) is 26.2 Å². The van der Waals surface area contributed by atoms with Gasteiger partial charge in [0.1, 0.15) is 5.71 Å². The van der Waals surface area contributed by atoms with E-state index in [1.54, 1.807) is 6.92 Å². The van der Waals surface area contributed by atoms with Gasteiger partial charge in [-0.05, 0) is 12.5 Å². The molecule has 0 fully saturated rings. The minimum atomic E-state index is -3.33. The van der Waals surface area contributed by atoms with Crippen LogP contribution in [0.15, 0.2) is 23.8 Å². The Bertz CT molecular complexity index is 405. The van der Waals surface area contributed by atoms with Gasteiger partial charge in [-0.2, -0.15) is 8.78 Å². The summed E-state index contributed by atoms with van der Waals surface area (Å²) in [5.41, 5.74) is -1.41. The lowest BCUT2D eigenvalue weighted by Gasteiger charge is -2.09. The Hall–Kier alpha value is -1.92. The highest BCUT2D eigenvalue weighted by molar-refractivity contribution is 6.01. The zero-order valence-electron chi connectivity index (χ0n) is 10.1. The summed E-state index contributed by atoms with van der Waals surface area (Å²) in [5.74, 6) is -4.17. The highest BCUT2D eigenvalue weighted by Crippen LogP contribution is 2.14. The van der Waals surface area contributed by atoms with Crippen LogP contribution in [0.1, 0.15) is 20.3 Å². The average Bonchev–Trinajstić information content (AvgIpc) is 2.31. The fraction of sp³-hybridized carbons (Fsp3) is 0.364. The maximum absolute atomic E-state index is 13.1. The first-order chi connectivity index (χ1) is 8.22. The molecule has 0 aliphatic rings. The molecule has 0 amide bonds. The Morgan fingerprint density at radius 1 is 1.33 bits per heavy atom. The maximum atomic E-state index is 13.1. The molecule has 0 rings (SSSR count). The monoisotopic (exact) mass is 260 g/mol. The zero-order valence-corrected chi connectivity index (χ0v) is 10.1. The smallest absolute Gasteiger partial charge is 0.286 e. The predicted molar refractivity (Wildman–Crippen MR) is 65.6 cm³/mol. The number of rotatable bonds is 7. The highest BCUT2D eigenvalue weighted by atomic mass is 19.3. The Morgan fingerprint density at radius 2 is 1.89 bits per heavy atom. The number of halogens is 3. The lowest BCUT2D eigenvalue weighted by Crippen LogP contribution is -2.23. The van der Waals surface area contributed by atoms with Crippen LogP contribution < -0.4 is 5.32 Å². The summed E-state index contributed by atoms with van der Waals surface area (Å²) >= 11 is 0. The zero-order chi connectivity index (χ0) is 14.3. The van der Waals surface area contributed by atoms with Gasteiger partial charge in [0.25, 0.3) is 5.92 Å². The van der Waals surface area contributed by atoms with Gasteiger partial charge in [0.05, 0.1) is 11.4 Å². The van der Waals surface area contributed by atoms with E-state index in [0.29, 0.717) is 13.1 Å². The summed E-state index contributed by atoms with van der Waals surface area (Å²) < 4.78 is 38.5. The molecule has 7 heteroatoms. The summed E-state index contributed by atoms with van der Waals surface area (Å²) in [7, 11) is 0. The van der Waals surface area contributed by atoms with E-state index < -0.39 is 17.5 Å². The van der Waals surface area contributed by atoms with Crippen LogP contribution in [0.2, 0.25) is 0 Å². The van der Waals surface area contributed by atoms with Gasteiger partial charge in [0, 0.05) is 19.3 Å². The molecule has 18 heavy (non-hydrogen) atoms. The lowest BCUT2D eigenvalue weighted by atomic mass is 10.2. The molecule has 0 radical (unpaired) electrons. The van der Waals surface area contributed by atoms with Crippen LogP contribution in [-0.4, -0.2) is 23.6 Å². The van der Waals surface area contributed by atoms with E-state index >= 15 is 0 Å². The number of alkyl halides is 2. The molecule has 4 N–H and O–H groups in total. The van der Waals surface area contributed by atoms with Crippen LogP contribution in [0, 0.1) is 16.2 Å². The molecule has 0 heterocycles. The summed E-state index contributed by atoms with van der Waals surface area (Å²) in [4.78, 5) is 0. The van der Waals surface area contributed by atoms with Crippen LogP contribution in [0.3, 0.4) is 0 Å². The molecule has 100 valence electrons. The predicted octanol–water partition coefficient (Wildman–Crippen LogP) is 3.03. The van der Waals surface area contributed by atoms with E-state index in [4.69, 9.17) is 16.2 Å². The summed E-state index contributed by atoms with van der Waals surface area (Å²) in [6.45, 7) is 2.15. The summed E-state index contributed by atoms with van der Waals surface area (Å²) in [6.07, 6.45) is 2.40. The van der Waals surface area contributed by atoms with E-state index in [9.17, 15) is 13.2 Å². The van der Waals surface area contributed by atoms with Crippen LogP contribution >= 0.6 is 0 Å². The van der Waals surface area contributed by atoms with Crippen LogP contribution in [0.5, 0.6) is 0 Å². The molecule has 0 aromatic carbocycles. The van der Waals surface area contributed by atoms with Crippen molar-refractivity contribution in [3.63, 3.8) is 0 Å². The van der Waals surface area contributed by atoms with Crippen molar-refractivity contribution >= 4 is 17.6 Å². The molecule has 0 spiro atoms.